The fraction of sp³-hybridized carbons (Fsp3) is 0.550. The van der Waals surface area contributed by atoms with Gasteiger partial charge in [-0.2, -0.15) is 0 Å². The number of hydrogen-bond acceptors (Lipinski definition) is 1. The van der Waals surface area contributed by atoms with Crippen LogP contribution in [-0.2, 0) is 4.79 Å². The van der Waals surface area contributed by atoms with Gasteiger partial charge in [0.05, 0.1) is 0 Å². The second-order valence-corrected chi connectivity index (χ2v) is 5.20. The van der Waals surface area contributed by atoms with E-state index in [1.807, 2.05) is 13.8 Å². The molecule has 0 aromatic carbocycles. The number of carbonyl (C=O) groups excluding carboxylic acids is 1. The molecule has 126 valence electrons. The van der Waals surface area contributed by atoms with E-state index in [0.717, 1.165) is 18.8 Å². The number of rotatable bonds is 4. The highest BCUT2D eigenvalue weighted by Gasteiger charge is 2.17. The molecular weight excluding hydrogens is 270 g/mol. The van der Waals surface area contributed by atoms with Gasteiger partial charge >= 0.3 is 0 Å². The first-order valence-corrected chi connectivity index (χ1v) is 8.43. The molecule has 22 heavy (non-hydrogen) atoms. The van der Waals surface area contributed by atoms with Crippen LogP contribution < -0.4 is 5.32 Å². The quantitative estimate of drug-likeness (QED) is 0.409. The molecule has 1 saturated carbocycles. The molecule has 0 saturated heterocycles. The maximum Gasteiger partial charge on any atom is 0.251 e. The number of nitrogens with one attached hydrogen (secondary N) is 1. The van der Waals surface area contributed by atoms with Gasteiger partial charge in [0.1, 0.15) is 0 Å². The third-order valence-electron chi connectivity index (χ3n) is 3.61. The van der Waals surface area contributed by atoms with E-state index in [9.17, 15) is 4.79 Å². The average Bonchev–Trinajstić information content (AvgIpc) is 2.54. The summed E-state index contributed by atoms with van der Waals surface area (Å²) in [4.78, 5) is 12.0. The fourth-order valence-electron chi connectivity index (χ4n) is 2.49. The third-order valence-corrected chi connectivity index (χ3v) is 3.61. The van der Waals surface area contributed by atoms with Gasteiger partial charge < -0.3 is 5.32 Å². The van der Waals surface area contributed by atoms with Crippen LogP contribution in [0.1, 0.15) is 59.3 Å². The van der Waals surface area contributed by atoms with Gasteiger partial charge in [0, 0.05) is 11.6 Å². The molecule has 2 nitrogen and oxygen atoms in total. The molecule has 0 spiro atoms. The summed E-state index contributed by atoms with van der Waals surface area (Å²) in [6, 6.07) is 0.318. The minimum absolute atomic E-state index is 0.0245. The summed E-state index contributed by atoms with van der Waals surface area (Å²) >= 11 is 0. The Bertz CT molecular complexity index is 334. The lowest BCUT2D eigenvalue weighted by atomic mass is 9.90. The van der Waals surface area contributed by atoms with Crippen molar-refractivity contribution >= 4 is 5.91 Å². The van der Waals surface area contributed by atoms with Crippen molar-refractivity contribution in [3.8, 4) is 0 Å². The lowest BCUT2D eigenvalue weighted by Gasteiger charge is -2.23. The predicted molar refractivity (Wildman–Crippen MR) is 99.9 cm³/mol. The highest BCUT2D eigenvalue weighted by molar-refractivity contribution is 5.96. The molecule has 1 aliphatic carbocycles. The summed E-state index contributed by atoms with van der Waals surface area (Å²) in [6.07, 6.45) is 12.1. The van der Waals surface area contributed by atoms with Crippen LogP contribution in [-0.4, -0.2) is 11.9 Å². The van der Waals surface area contributed by atoms with Gasteiger partial charge in [0.25, 0.3) is 5.91 Å². The minimum atomic E-state index is -0.0245. The Morgan fingerprint density at radius 1 is 1.05 bits per heavy atom. The van der Waals surface area contributed by atoms with Gasteiger partial charge in [-0.3, -0.25) is 4.79 Å². The average molecular weight is 306 g/mol. The van der Waals surface area contributed by atoms with Crippen LogP contribution in [0.4, 0.5) is 0 Å². The first-order chi connectivity index (χ1) is 10.7. The Hall–Kier alpha value is -1.57. The van der Waals surface area contributed by atoms with Crippen molar-refractivity contribution in [2.45, 2.75) is 65.3 Å². The van der Waals surface area contributed by atoms with E-state index in [1.165, 1.54) is 25.7 Å². The molecule has 2 heteroatoms. The maximum absolute atomic E-state index is 12.0. The molecule has 0 aromatic heterocycles. The predicted octanol–water partition coefficient (Wildman–Crippen LogP) is 5.59. The summed E-state index contributed by atoms with van der Waals surface area (Å²) < 4.78 is 0. The van der Waals surface area contributed by atoms with E-state index in [1.54, 1.807) is 18.2 Å². The van der Waals surface area contributed by atoms with Gasteiger partial charge in [-0.25, -0.2) is 0 Å². The second kappa shape index (κ2) is 15.8. The molecular formula is C20H35NO. The van der Waals surface area contributed by atoms with Gasteiger partial charge in [-0.05, 0) is 18.8 Å². The second-order valence-electron chi connectivity index (χ2n) is 5.20. The molecule has 0 atom stereocenters. The van der Waals surface area contributed by atoms with Crippen molar-refractivity contribution in [2.24, 2.45) is 5.92 Å². The molecule has 1 N–H and O–H groups in total. The van der Waals surface area contributed by atoms with Gasteiger partial charge in [-0.1, -0.05) is 77.8 Å². The molecule has 0 heterocycles. The number of allylic oxidation sites excluding steroid dienone is 2. The number of amides is 1. The van der Waals surface area contributed by atoms with E-state index in [2.05, 4.69) is 38.6 Å². The smallest absolute Gasteiger partial charge is 0.251 e. The fourth-order valence-corrected chi connectivity index (χ4v) is 2.49. The highest BCUT2D eigenvalue weighted by atomic mass is 16.1. The summed E-state index contributed by atoms with van der Waals surface area (Å²) in [7, 11) is 0. The van der Waals surface area contributed by atoms with Crippen LogP contribution in [0, 0.1) is 5.92 Å². The first kappa shape index (κ1) is 22.7. The van der Waals surface area contributed by atoms with Crippen LogP contribution >= 0.6 is 0 Å². The van der Waals surface area contributed by atoms with Gasteiger partial charge in [-0.15, -0.1) is 13.2 Å². The van der Waals surface area contributed by atoms with E-state index in [-0.39, 0.29) is 5.91 Å². The van der Waals surface area contributed by atoms with Gasteiger partial charge in [0.2, 0.25) is 0 Å². The summed E-state index contributed by atoms with van der Waals surface area (Å²) in [5.41, 5.74) is 0.598. The molecule has 0 unspecified atom stereocenters. The highest BCUT2D eigenvalue weighted by Crippen LogP contribution is 2.22. The first-order valence-electron chi connectivity index (χ1n) is 8.43. The van der Waals surface area contributed by atoms with Crippen molar-refractivity contribution in [2.75, 3.05) is 0 Å². The number of hydrogen-bond donors (Lipinski definition) is 1. The van der Waals surface area contributed by atoms with E-state index < -0.39 is 0 Å². The Balaban J connectivity index is 0. The van der Waals surface area contributed by atoms with Crippen LogP contribution in [0.15, 0.2) is 50.1 Å². The Labute approximate surface area is 138 Å². The van der Waals surface area contributed by atoms with Crippen LogP contribution in [0.25, 0.3) is 0 Å². The Morgan fingerprint density at radius 3 is 1.95 bits per heavy atom. The topological polar surface area (TPSA) is 29.1 Å². The summed E-state index contributed by atoms with van der Waals surface area (Å²) in [6.45, 7) is 19.6. The van der Waals surface area contributed by atoms with E-state index >= 15 is 0 Å². The van der Waals surface area contributed by atoms with Crippen LogP contribution in [0.3, 0.4) is 0 Å². The molecule has 1 amide bonds. The normalized spacial score (nSPS) is 21.5. The van der Waals surface area contributed by atoms with Crippen molar-refractivity contribution < 1.29 is 4.79 Å². The van der Waals surface area contributed by atoms with Crippen molar-refractivity contribution in [1.82, 2.24) is 5.32 Å². The monoisotopic (exact) mass is 305 g/mol. The lowest BCUT2D eigenvalue weighted by Crippen LogP contribution is -2.36. The third kappa shape index (κ3) is 10.2. The number of carbonyl (C=O) groups is 1. The van der Waals surface area contributed by atoms with Gasteiger partial charge in [0.15, 0.2) is 0 Å². The molecule has 1 fully saturated rings. The summed E-state index contributed by atoms with van der Waals surface area (Å²) in [5, 5.41) is 3.11. The maximum atomic E-state index is 12.0. The van der Waals surface area contributed by atoms with E-state index in [4.69, 9.17) is 0 Å². The van der Waals surface area contributed by atoms with Crippen molar-refractivity contribution in [3.05, 3.63) is 50.1 Å². The molecule has 0 bridgehead atoms. The molecule has 0 aliphatic heterocycles. The lowest BCUT2D eigenvalue weighted by molar-refractivity contribution is -0.118. The Morgan fingerprint density at radius 2 is 1.55 bits per heavy atom. The summed E-state index contributed by atoms with van der Waals surface area (Å²) in [5.74, 6) is 0.814. The van der Waals surface area contributed by atoms with E-state index in [0.29, 0.717) is 11.6 Å². The largest absolute Gasteiger partial charge is 0.349 e. The zero-order valence-corrected chi connectivity index (χ0v) is 14.9. The van der Waals surface area contributed by atoms with Crippen LogP contribution in [0.5, 0.6) is 0 Å². The molecule has 1 aliphatic rings. The molecule has 0 radical (unpaired) electrons. The molecule has 0 aromatic rings. The molecule has 1 rings (SSSR count). The Kier molecular flexibility index (Phi) is 16.3. The zero-order valence-electron chi connectivity index (χ0n) is 14.9. The van der Waals surface area contributed by atoms with Crippen LogP contribution in [0.2, 0.25) is 0 Å². The zero-order chi connectivity index (χ0) is 17.4. The minimum Gasteiger partial charge on any atom is -0.349 e. The SMILES string of the molecule is C=C.C=C/C=C(\C=C)C(=O)NC1CCCC(C)CCC1.CC. The van der Waals surface area contributed by atoms with Crippen molar-refractivity contribution in [3.63, 3.8) is 0 Å². The standard InChI is InChI=1S/C16H25NO.C2H6.C2H4/c1-4-8-14(5-2)16(18)17-15-11-6-9-13(3)10-7-12-15;2*1-2/h4-5,8,13,15H,1-2,6-7,9-12H2,3H3,(H,17,18);1-2H3;1-2H2/b14-8+;;. The van der Waals surface area contributed by atoms with Crippen molar-refractivity contribution in [1.29, 1.82) is 0 Å².